The van der Waals surface area contributed by atoms with E-state index < -0.39 is 18.0 Å². The highest BCUT2D eigenvalue weighted by atomic mass is 79.9. The summed E-state index contributed by atoms with van der Waals surface area (Å²) in [7, 11) is 0. The molecular weight excluding hydrogens is 310 g/mol. The second-order valence-electron chi connectivity index (χ2n) is 3.24. The first-order chi connectivity index (χ1) is 8.51. The van der Waals surface area contributed by atoms with E-state index in [0.717, 1.165) is 0 Å². The zero-order chi connectivity index (χ0) is 13.7. The second kappa shape index (κ2) is 6.40. The molecule has 0 saturated carbocycles. The van der Waals surface area contributed by atoms with E-state index in [1.165, 1.54) is 6.20 Å². The van der Waals surface area contributed by atoms with Crippen LogP contribution in [0, 0.1) is 11.3 Å². The van der Waals surface area contributed by atoms with Gasteiger partial charge in [0.2, 0.25) is 0 Å². The number of nitrogens with zero attached hydrogens (tertiary/aromatic N) is 2. The monoisotopic (exact) mass is 318 g/mol. The highest BCUT2D eigenvalue weighted by Gasteiger charge is 2.23. The minimum absolute atomic E-state index is 0.0370. The number of esters is 1. The number of halogens is 3. The Bertz CT molecular complexity index is 501. The Hall–Kier alpha value is -1.55. The van der Waals surface area contributed by atoms with Crippen LogP contribution in [0.3, 0.4) is 0 Å². The Kier molecular flexibility index (Phi) is 5.16. The van der Waals surface area contributed by atoms with E-state index in [4.69, 9.17) is 10.00 Å². The third kappa shape index (κ3) is 3.23. The fraction of sp³-hybridized carbons (Fsp3) is 0.364. The predicted molar refractivity (Wildman–Crippen MR) is 61.9 cm³/mol. The van der Waals surface area contributed by atoms with Gasteiger partial charge in [-0.25, -0.2) is 13.8 Å². The molecule has 0 bridgehead atoms. The van der Waals surface area contributed by atoms with Crippen molar-refractivity contribution in [1.82, 2.24) is 4.98 Å². The molecule has 0 saturated heterocycles. The number of hydrogen-bond acceptors (Lipinski definition) is 4. The Balaban J connectivity index is 3.24. The normalized spacial score (nSPS) is 10.2. The molecule has 1 aromatic heterocycles. The van der Waals surface area contributed by atoms with Crippen LogP contribution in [0.15, 0.2) is 10.7 Å². The fourth-order valence-corrected chi connectivity index (χ4v) is 1.86. The number of ether oxygens (including phenoxy) is 1. The second-order valence-corrected chi connectivity index (χ2v) is 4.10. The van der Waals surface area contributed by atoms with Crippen LogP contribution in [-0.2, 0) is 16.0 Å². The van der Waals surface area contributed by atoms with Gasteiger partial charge in [0, 0.05) is 10.7 Å². The van der Waals surface area contributed by atoms with Gasteiger partial charge in [0.1, 0.15) is 11.8 Å². The molecule has 1 heterocycles. The van der Waals surface area contributed by atoms with Crippen molar-refractivity contribution in [3.8, 4) is 6.07 Å². The van der Waals surface area contributed by atoms with E-state index in [2.05, 4.69) is 20.9 Å². The van der Waals surface area contributed by atoms with Gasteiger partial charge < -0.3 is 4.74 Å². The summed E-state index contributed by atoms with van der Waals surface area (Å²) in [4.78, 5) is 14.9. The van der Waals surface area contributed by atoms with Gasteiger partial charge >= 0.3 is 5.97 Å². The number of carbonyl (C=O) groups excluding carboxylic acids is 1. The highest BCUT2D eigenvalue weighted by Crippen LogP contribution is 2.30. The lowest BCUT2D eigenvalue weighted by molar-refractivity contribution is -0.142. The number of aromatic nitrogens is 1. The lowest BCUT2D eigenvalue weighted by Crippen LogP contribution is -2.12. The summed E-state index contributed by atoms with van der Waals surface area (Å²) in [5.41, 5.74) is -0.873. The number of rotatable bonds is 4. The Morgan fingerprint density at radius 3 is 2.83 bits per heavy atom. The first-order valence-corrected chi connectivity index (χ1v) is 5.81. The SMILES string of the molecule is CCOC(=O)Cc1c(Br)cnc(C#N)c1C(F)F. The predicted octanol–water partition coefficient (Wildman–Crippen LogP) is 2.76. The average Bonchev–Trinajstić information content (AvgIpc) is 2.31. The minimum atomic E-state index is -2.88. The van der Waals surface area contributed by atoms with Gasteiger partial charge in [-0.1, -0.05) is 0 Å². The molecule has 0 N–H and O–H groups in total. The average molecular weight is 319 g/mol. The first-order valence-electron chi connectivity index (χ1n) is 5.02. The molecule has 0 aliphatic heterocycles. The highest BCUT2D eigenvalue weighted by molar-refractivity contribution is 9.10. The number of nitriles is 1. The van der Waals surface area contributed by atoms with Gasteiger partial charge in [-0.2, -0.15) is 5.26 Å². The third-order valence-electron chi connectivity index (χ3n) is 2.13. The van der Waals surface area contributed by atoms with E-state index in [1.807, 2.05) is 0 Å². The molecular formula is C11H9BrF2N2O2. The van der Waals surface area contributed by atoms with Crippen LogP contribution in [0.2, 0.25) is 0 Å². The molecule has 1 rings (SSSR count). The third-order valence-corrected chi connectivity index (χ3v) is 2.81. The largest absolute Gasteiger partial charge is 0.466 e. The molecule has 0 aliphatic carbocycles. The van der Waals surface area contributed by atoms with Crippen LogP contribution < -0.4 is 0 Å². The Labute approximate surface area is 111 Å². The summed E-state index contributed by atoms with van der Waals surface area (Å²) in [5.74, 6) is -0.629. The standard InChI is InChI=1S/C11H9BrF2N2O2/c1-2-18-9(17)3-6-7(12)5-16-8(4-15)10(6)11(13)14/h5,11H,2-3H2,1H3. The van der Waals surface area contributed by atoms with Crippen molar-refractivity contribution in [3.05, 3.63) is 27.5 Å². The van der Waals surface area contributed by atoms with Crippen LogP contribution >= 0.6 is 15.9 Å². The molecule has 0 aromatic carbocycles. The molecule has 0 amide bonds. The van der Waals surface area contributed by atoms with Gasteiger partial charge in [0.15, 0.2) is 0 Å². The molecule has 1 aromatic rings. The van der Waals surface area contributed by atoms with Crippen LogP contribution in [0.4, 0.5) is 8.78 Å². The fourth-order valence-electron chi connectivity index (χ4n) is 1.40. The lowest BCUT2D eigenvalue weighted by Gasteiger charge is -2.11. The van der Waals surface area contributed by atoms with Crippen molar-refractivity contribution >= 4 is 21.9 Å². The smallest absolute Gasteiger partial charge is 0.310 e. The molecule has 4 nitrogen and oxygen atoms in total. The van der Waals surface area contributed by atoms with Crippen LogP contribution in [-0.4, -0.2) is 17.6 Å². The zero-order valence-corrected chi connectivity index (χ0v) is 11.0. The molecule has 0 atom stereocenters. The quantitative estimate of drug-likeness (QED) is 0.801. The van der Waals surface area contributed by atoms with Crippen molar-refractivity contribution < 1.29 is 18.3 Å². The van der Waals surface area contributed by atoms with Crippen molar-refractivity contribution in [2.24, 2.45) is 0 Å². The van der Waals surface area contributed by atoms with Gasteiger partial charge in [0.25, 0.3) is 6.43 Å². The van der Waals surface area contributed by atoms with Crippen LogP contribution in [0.25, 0.3) is 0 Å². The number of alkyl halides is 2. The van der Waals surface area contributed by atoms with E-state index in [9.17, 15) is 13.6 Å². The van der Waals surface area contributed by atoms with Gasteiger partial charge in [-0.15, -0.1) is 0 Å². The van der Waals surface area contributed by atoms with Gasteiger partial charge in [-0.3, -0.25) is 4.79 Å². The number of hydrogen-bond donors (Lipinski definition) is 0. The molecule has 18 heavy (non-hydrogen) atoms. The molecule has 7 heteroatoms. The Morgan fingerprint density at radius 1 is 1.67 bits per heavy atom. The van der Waals surface area contributed by atoms with Gasteiger partial charge in [-0.05, 0) is 28.4 Å². The summed E-state index contributed by atoms with van der Waals surface area (Å²) < 4.78 is 30.8. The van der Waals surface area contributed by atoms with Crippen molar-refractivity contribution in [1.29, 1.82) is 5.26 Å². The lowest BCUT2D eigenvalue weighted by atomic mass is 10.0. The van der Waals surface area contributed by atoms with E-state index in [1.54, 1.807) is 13.0 Å². The van der Waals surface area contributed by atoms with Crippen LogP contribution in [0.1, 0.15) is 30.2 Å². The van der Waals surface area contributed by atoms with Crippen LogP contribution in [0.5, 0.6) is 0 Å². The zero-order valence-electron chi connectivity index (χ0n) is 9.41. The summed E-state index contributed by atoms with van der Waals surface area (Å²) in [6, 6.07) is 1.59. The van der Waals surface area contributed by atoms with Crippen molar-refractivity contribution in [3.63, 3.8) is 0 Å². The molecule has 0 radical (unpaired) electrons. The van der Waals surface area contributed by atoms with Gasteiger partial charge in [0.05, 0.1) is 18.6 Å². The summed E-state index contributed by atoms with van der Waals surface area (Å²) in [6.07, 6.45) is -1.99. The molecule has 96 valence electrons. The first kappa shape index (κ1) is 14.5. The van der Waals surface area contributed by atoms with E-state index in [0.29, 0.717) is 0 Å². The maximum absolute atomic E-state index is 12.9. The van der Waals surface area contributed by atoms with E-state index in [-0.39, 0.29) is 28.8 Å². The maximum Gasteiger partial charge on any atom is 0.310 e. The van der Waals surface area contributed by atoms with E-state index >= 15 is 0 Å². The summed E-state index contributed by atoms with van der Waals surface area (Å²) >= 11 is 3.05. The minimum Gasteiger partial charge on any atom is -0.466 e. The number of carbonyl (C=O) groups is 1. The van der Waals surface area contributed by atoms with Crippen molar-refractivity contribution in [2.45, 2.75) is 19.8 Å². The molecule has 0 fully saturated rings. The Morgan fingerprint density at radius 2 is 2.33 bits per heavy atom. The molecule has 0 spiro atoms. The summed E-state index contributed by atoms with van der Waals surface area (Å²) in [5, 5.41) is 8.74. The maximum atomic E-state index is 12.9. The van der Waals surface area contributed by atoms with Crippen molar-refractivity contribution in [2.75, 3.05) is 6.61 Å². The topological polar surface area (TPSA) is 63.0 Å². The summed E-state index contributed by atoms with van der Waals surface area (Å²) in [6.45, 7) is 1.78. The molecule has 0 aliphatic rings. The molecule has 0 unspecified atom stereocenters. The number of pyridine rings is 1.